The molecule has 2 N–H and O–H groups in total. The first-order valence-corrected chi connectivity index (χ1v) is 6.21. The molecule has 3 nitrogen and oxygen atoms in total. The summed E-state index contributed by atoms with van der Waals surface area (Å²) in [7, 11) is 1.02. The number of benzene rings is 1. The van der Waals surface area contributed by atoms with E-state index in [9.17, 15) is 26.7 Å². The largest absolute Gasteiger partial charge is 0.455 e. The van der Waals surface area contributed by atoms with E-state index in [2.05, 4.69) is 5.32 Å². The summed E-state index contributed by atoms with van der Waals surface area (Å²) in [5.41, 5.74) is 0.486. The summed E-state index contributed by atoms with van der Waals surface area (Å²) >= 11 is 0. The van der Waals surface area contributed by atoms with Gasteiger partial charge in [0.25, 0.3) is 5.91 Å². The molecule has 1 aliphatic rings. The fourth-order valence-corrected chi connectivity index (χ4v) is 2.33. The molecule has 0 saturated carbocycles. The number of amides is 1. The highest BCUT2D eigenvalue weighted by atomic mass is 19.4. The minimum Gasteiger partial charge on any atom is -0.352 e. The van der Waals surface area contributed by atoms with Crippen LogP contribution in [0, 0.1) is 0 Å². The van der Waals surface area contributed by atoms with Gasteiger partial charge in [-0.1, -0.05) is 12.1 Å². The van der Waals surface area contributed by atoms with Crippen molar-refractivity contribution in [2.75, 3.05) is 13.6 Å². The summed E-state index contributed by atoms with van der Waals surface area (Å²) in [4.78, 5) is 11.7. The maximum Gasteiger partial charge on any atom is 0.455 e. The molecule has 1 aromatic carbocycles. The highest BCUT2D eigenvalue weighted by molar-refractivity contribution is 5.96. The smallest absolute Gasteiger partial charge is 0.352 e. The molecular formula is C13H13F5N2O. The Morgan fingerprint density at radius 2 is 1.90 bits per heavy atom. The Kier molecular flexibility index (Phi) is 3.92. The Morgan fingerprint density at radius 3 is 2.48 bits per heavy atom. The van der Waals surface area contributed by atoms with Crippen LogP contribution in [-0.4, -0.2) is 31.6 Å². The van der Waals surface area contributed by atoms with Crippen molar-refractivity contribution < 1.29 is 26.7 Å². The van der Waals surface area contributed by atoms with Crippen LogP contribution in [0.1, 0.15) is 27.5 Å². The van der Waals surface area contributed by atoms with Crippen LogP contribution >= 0.6 is 0 Å². The minimum absolute atomic E-state index is 0.136. The Morgan fingerprint density at radius 1 is 1.24 bits per heavy atom. The maximum atomic E-state index is 13.5. The number of carbonyl (C=O) groups is 1. The molecule has 21 heavy (non-hydrogen) atoms. The van der Waals surface area contributed by atoms with Gasteiger partial charge in [-0.2, -0.15) is 22.0 Å². The fraction of sp³-hybridized carbons (Fsp3) is 0.462. The molecule has 2 rings (SSSR count). The van der Waals surface area contributed by atoms with Crippen LogP contribution in [0.15, 0.2) is 18.2 Å². The summed E-state index contributed by atoms with van der Waals surface area (Å²) in [6, 6.07) is 1.45. The molecule has 0 saturated heterocycles. The Bertz CT molecular complexity index is 556. The van der Waals surface area contributed by atoms with Gasteiger partial charge in [-0.15, -0.1) is 0 Å². The summed E-state index contributed by atoms with van der Waals surface area (Å²) in [6.07, 6.45) is -5.17. The zero-order chi connectivity index (χ0) is 15.8. The molecule has 116 valence electrons. The number of nitrogens with one attached hydrogen (secondary N) is 2. The van der Waals surface area contributed by atoms with Crippen molar-refractivity contribution in [3.05, 3.63) is 34.9 Å². The van der Waals surface area contributed by atoms with Gasteiger partial charge in [-0.3, -0.25) is 4.79 Å². The van der Waals surface area contributed by atoms with E-state index in [0.29, 0.717) is 18.5 Å². The third-order valence-corrected chi connectivity index (χ3v) is 3.42. The molecule has 1 atom stereocenters. The fourth-order valence-electron chi connectivity index (χ4n) is 2.33. The van der Waals surface area contributed by atoms with Crippen LogP contribution in [0.2, 0.25) is 0 Å². The Labute approximate surface area is 117 Å². The summed E-state index contributed by atoms with van der Waals surface area (Å²) in [6.45, 7) is 0.416. The van der Waals surface area contributed by atoms with Crippen LogP contribution < -0.4 is 10.6 Å². The lowest BCUT2D eigenvalue weighted by Crippen LogP contribution is -2.47. The first kappa shape index (κ1) is 15.7. The summed E-state index contributed by atoms with van der Waals surface area (Å²) in [5, 5.41) is 4.51. The molecule has 1 amide bonds. The normalized spacial score (nSPS) is 17.1. The number of halogens is 5. The van der Waals surface area contributed by atoms with Crippen molar-refractivity contribution in [1.29, 1.82) is 0 Å². The molecule has 0 radical (unpaired) electrons. The standard InChI is InChI=1S/C13H13F5N2O/c1-19-10(12(14,15)13(16,17)18)8-3-2-7-4-5-20-11(21)9(7)6-8/h2-3,6,10,19H,4-5H2,1H3,(H,20,21). The SMILES string of the molecule is CNC(c1ccc2c(c1)C(=O)NCC2)C(F)(F)C(F)(F)F. The van der Waals surface area contributed by atoms with Crippen LogP contribution in [0.25, 0.3) is 0 Å². The zero-order valence-electron chi connectivity index (χ0n) is 11.0. The Balaban J connectivity index is 2.45. The number of fused-ring (bicyclic) bond motifs is 1. The van der Waals surface area contributed by atoms with Crippen molar-refractivity contribution in [3.63, 3.8) is 0 Å². The average molecular weight is 308 g/mol. The number of rotatable bonds is 3. The van der Waals surface area contributed by atoms with Gasteiger partial charge in [0.2, 0.25) is 0 Å². The van der Waals surface area contributed by atoms with E-state index >= 15 is 0 Å². The van der Waals surface area contributed by atoms with Gasteiger partial charge in [-0.05, 0) is 30.7 Å². The number of hydrogen-bond acceptors (Lipinski definition) is 2. The van der Waals surface area contributed by atoms with Gasteiger partial charge in [0.1, 0.15) is 6.04 Å². The van der Waals surface area contributed by atoms with Crippen LogP contribution in [-0.2, 0) is 6.42 Å². The van der Waals surface area contributed by atoms with Crippen LogP contribution in [0.4, 0.5) is 22.0 Å². The monoisotopic (exact) mass is 308 g/mol. The highest BCUT2D eigenvalue weighted by Gasteiger charge is 2.62. The second kappa shape index (κ2) is 5.25. The Hall–Kier alpha value is -1.70. The van der Waals surface area contributed by atoms with Crippen LogP contribution in [0.3, 0.4) is 0 Å². The number of alkyl halides is 5. The van der Waals surface area contributed by atoms with Gasteiger partial charge in [0.15, 0.2) is 0 Å². The molecular weight excluding hydrogens is 295 g/mol. The summed E-state index contributed by atoms with van der Waals surface area (Å²) < 4.78 is 64.6. The number of hydrogen-bond donors (Lipinski definition) is 2. The molecule has 1 unspecified atom stereocenters. The second-order valence-electron chi connectivity index (χ2n) is 4.76. The van der Waals surface area contributed by atoms with Crippen molar-refractivity contribution in [3.8, 4) is 0 Å². The van der Waals surface area contributed by atoms with E-state index in [-0.39, 0.29) is 11.1 Å². The first-order chi connectivity index (χ1) is 9.68. The average Bonchev–Trinajstić information content (AvgIpc) is 2.39. The third kappa shape index (κ3) is 2.72. The van der Waals surface area contributed by atoms with Crippen molar-refractivity contribution in [2.24, 2.45) is 0 Å². The van der Waals surface area contributed by atoms with Crippen molar-refractivity contribution >= 4 is 5.91 Å². The summed E-state index contributed by atoms with van der Waals surface area (Å²) in [5.74, 6) is -5.41. The molecule has 0 aromatic heterocycles. The molecule has 1 aromatic rings. The second-order valence-corrected chi connectivity index (χ2v) is 4.76. The van der Waals surface area contributed by atoms with Gasteiger partial charge in [0, 0.05) is 12.1 Å². The van der Waals surface area contributed by atoms with Crippen molar-refractivity contribution in [1.82, 2.24) is 10.6 Å². The van der Waals surface area contributed by atoms with E-state index in [1.807, 2.05) is 5.32 Å². The lowest BCUT2D eigenvalue weighted by molar-refractivity contribution is -0.293. The van der Waals surface area contributed by atoms with E-state index in [1.54, 1.807) is 0 Å². The van der Waals surface area contributed by atoms with Crippen molar-refractivity contribution in [2.45, 2.75) is 24.6 Å². The zero-order valence-corrected chi connectivity index (χ0v) is 11.0. The lowest BCUT2D eigenvalue weighted by Gasteiger charge is -2.29. The lowest BCUT2D eigenvalue weighted by atomic mass is 9.93. The topological polar surface area (TPSA) is 41.1 Å². The number of carbonyl (C=O) groups excluding carboxylic acids is 1. The van der Waals surface area contributed by atoms with Crippen LogP contribution in [0.5, 0.6) is 0 Å². The van der Waals surface area contributed by atoms with Gasteiger partial charge < -0.3 is 10.6 Å². The van der Waals surface area contributed by atoms with Gasteiger partial charge in [-0.25, -0.2) is 0 Å². The third-order valence-electron chi connectivity index (χ3n) is 3.42. The minimum atomic E-state index is -5.68. The molecule has 1 heterocycles. The molecule has 0 fully saturated rings. The maximum absolute atomic E-state index is 13.5. The molecule has 0 aliphatic carbocycles. The van der Waals surface area contributed by atoms with E-state index < -0.39 is 24.0 Å². The predicted octanol–water partition coefficient (Wildman–Crippen LogP) is 2.43. The predicted molar refractivity (Wildman–Crippen MR) is 65.3 cm³/mol. The first-order valence-electron chi connectivity index (χ1n) is 6.21. The highest BCUT2D eigenvalue weighted by Crippen LogP contribution is 2.44. The van der Waals surface area contributed by atoms with Gasteiger partial charge >= 0.3 is 12.1 Å². The molecule has 0 bridgehead atoms. The van der Waals surface area contributed by atoms with E-state index in [1.165, 1.54) is 12.1 Å². The van der Waals surface area contributed by atoms with E-state index in [4.69, 9.17) is 0 Å². The molecule has 0 spiro atoms. The van der Waals surface area contributed by atoms with E-state index in [0.717, 1.165) is 13.1 Å². The van der Waals surface area contributed by atoms with Gasteiger partial charge in [0.05, 0.1) is 0 Å². The molecule has 8 heteroatoms. The molecule has 1 aliphatic heterocycles. The quantitative estimate of drug-likeness (QED) is 0.842.